The number of piperazine rings is 1. The molecule has 0 unspecified atom stereocenters. The first kappa shape index (κ1) is 21.3. The summed E-state index contributed by atoms with van der Waals surface area (Å²) >= 11 is 2.63. The smallest absolute Gasteiger partial charge is 0.348 e. The SMILES string of the molecule is COC(=O)c1cc(C)c(Nc2nc(C(=O)Nc3ccccc3N3CCNCC3)cs2)s1. The van der Waals surface area contributed by atoms with E-state index in [1.165, 1.54) is 29.8 Å². The van der Waals surface area contributed by atoms with E-state index < -0.39 is 0 Å². The Balaban J connectivity index is 1.46. The molecule has 0 atom stereocenters. The first-order valence-corrected chi connectivity index (χ1v) is 11.5. The number of aromatic nitrogens is 1. The molecular formula is C21H23N5O3S2. The number of ether oxygens (including phenoxy) is 1. The molecule has 1 fully saturated rings. The second-order valence-corrected chi connectivity index (χ2v) is 8.90. The van der Waals surface area contributed by atoms with Gasteiger partial charge < -0.3 is 25.6 Å². The molecule has 4 rings (SSSR count). The minimum Gasteiger partial charge on any atom is -0.465 e. The van der Waals surface area contributed by atoms with E-state index in [0.717, 1.165) is 48.1 Å². The van der Waals surface area contributed by atoms with Crippen molar-refractivity contribution in [2.75, 3.05) is 48.8 Å². The molecule has 0 bridgehead atoms. The molecule has 1 aromatic carbocycles. The summed E-state index contributed by atoms with van der Waals surface area (Å²) < 4.78 is 4.77. The number of para-hydroxylation sites is 2. The van der Waals surface area contributed by atoms with E-state index in [2.05, 4.69) is 25.8 Å². The molecule has 1 amide bonds. The van der Waals surface area contributed by atoms with Gasteiger partial charge in [0, 0.05) is 31.6 Å². The molecule has 31 heavy (non-hydrogen) atoms. The van der Waals surface area contributed by atoms with Crippen molar-refractivity contribution in [2.24, 2.45) is 0 Å². The van der Waals surface area contributed by atoms with Crippen molar-refractivity contribution in [3.8, 4) is 0 Å². The number of nitrogens with one attached hydrogen (secondary N) is 3. The average molecular weight is 458 g/mol. The van der Waals surface area contributed by atoms with Crippen LogP contribution in [0.15, 0.2) is 35.7 Å². The number of esters is 1. The number of benzene rings is 1. The molecule has 3 N–H and O–H groups in total. The van der Waals surface area contributed by atoms with E-state index in [1.54, 1.807) is 11.4 Å². The second-order valence-electron chi connectivity index (χ2n) is 6.99. The topological polar surface area (TPSA) is 95.6 Å². The zero-order valence-corrected chi connectivity index (χ0v) is 18.9. The lowest BCUT2D eigenvalue weighted by atomic mass is 10.2. The van der Waals surface area contributed by atoms with Crippen LogP contribution < -0.4 is 20.9 Å². The molecule has 10 heteroatoms. The lowest BCUT2D eigenvalue weighted by molar-refractivity contribution is 0.0606. The third-order valence-electron chi connectivity index (χ3n) is 4.87. The van der Waals surface area contributed by atoms with Gasteiger partial charge in [-0.05, 0) is 30.7 Å². The highest BCUT2D eigenvalue weighted by molar-refractivity contribution is 7.19. The summed E-state index contributed by atoms with van der Waals surface area (Å²) in [5, 5.41) is 12.6. The molecule has 8 nitrogen and oxygen atoms in total. The summed E-state index contributed by atoms with van der Waals surface area (Å²) in [6.07, 6.45) is 0. The molecule has 1 aliphatic heterocycles. The van der Waals surface area contributed by atoms with Gasteiger partial charge in [0.15, 0.2) is 5.13 Å². The monoisotopic (exact) mass is 457 g/mol. The van der Waals surface area contributed by atoms with Crippen LogP contribution in [0.2, 0.25) is 0 Å². The first-order chi connectivity index (χ1) is 15.0. The van der Waals surface area contributed by atoms with Gasteiger partial charge in [-0.2, -0.15) is 0 Å². The van der Waals surface area contributed by atoms with Crippen molar-refractivity contribution in [1.29, 1.82) is 0 Å². The Kier molecular flexibility index (Phi) is 6.50. The normalized spacial score (nSPS) is 13.7. The number of anilines is 4. The zero-order chi connectivity index (χ0) is 21.8. The summed E-state index contributed by atoms with van der Waals surface area (Å²) in [6, 6.07) is 9.59. The van der Waals surface area contributed by atoms with Gasteiger partial charge in [-0.25, -0.2) is 9.78 Å². The number of hydrogen-bond acceptors (Lipinski definition) is 9. The standard InChI is InChI=1S/C21H23N5O3S2/c1-13-11-17(20(28)29-2)31-19(13)25-21-24-15(12-30-21)18(27)23-14-5-3-4-6-16(14)26-9-7-22-8-10-26/h3-6,11-12,22H,7-10H2,1-2H3,(H,23,27)(H,24,25). The number of thiazole rings is 1. The third kappa shape index (κ3) is 4.87. The summed E-state index contributed by atoms with van der Waals surface area (Å²) in [5.74, 6) is -0.631. The number of carbonyl (C=O) groups excluding carboxylic acids is 2. The van der Waals surface area contributed by atoms with Crippen LogP contribution in [0.5, 0.6) is 0 Å². The Labute approximate surface area is 188 Å². The van der Waals surface area contributed by atoms with E-state index in [-0.39, 0.29) is 11.9 Å². The molecule has 0 saturated carbocycles. The predicted octanol–water partition coefficient (Wildman–Crippen LogP) is 3.71. The lowest BCUT2D eigenvalue weighted by Crippen LogP contribution is -2.43. The second kappa shape index (κ2) is 9.46. The fraction of sp³-hybridized carbons (Fsp3) is 0.286. The molecular weight excluding hydrogens is 434 g/mol. The first-order valence-electron chi connectivity index (χ1n) is 9.82. The summed E-state index contributed by atoms with van der Waals surface area (Å²) in [5.41, 5.74) is 3.03. The molecule has 2 aromatic heterocycles. The van der Waals surface area contributed by atoms with Crippen molar-refractivity contribution in [1.82, 2.24) is 10.3 Å². The Morgan fingerprint density at radius 1 is 1.23 bits per heavy atom. The maximum atomic E-state index is 12.8. The van der Waals surface area contributed by atoms with Crippen LogP contribution in [0, 0.1) is 6.92 Å². The van der Waals surface area contributed by atoms with E-state index in [0.29, 0.717) is 15.7 Å². The Bertz CT molecular complexity index is 1090. The molecule has 3 aromatic rings. The summed E-state index contributed by atoms with van der Waals surface area (Å²) in [6.45, 7) is 5.53. The number of thiophene rings is 1. The van der Waals surface area contributed by atoms with E-state index in [1.807, 2.05) is 31.2 Å². The van der Waals surface area contributed by atoms with Gasteiger partial charge >= 0.3 is 5.97 Å². The van der Waals surface area contributed by atoms with Gasteiger partial charge in [-0.15, -0.1) is 22.7 Å². The van der Waals surface area contributed by atoms with Gasteiger partial charge in [-0.3, -0.25) is 4.79 Å². The van der Waals surface area contributed by atoms with Crippen molar-refractivity contribution < 1.29 is 14.3 Å². The summed E-state index contributed by atoms with van der Waals surface area (Å²) in [7, 11) is 1.36. The highest BCUT2D eigenvalue weighted by atomic mass is 32.1. The Morgan fingerprint density at radius 2 is 2.00 bits per heavy atom. The van der Waals surface area contributed by atoms with Crippen LogP contribution in [-0.4, -0.2) is 50.1 Å². The summed E-state index contributed by atoms with van der Waals surface area (Å²) in [4.78, 5) is 31.8. The van der Waals surface area contributed by atoms with Gasteiger partial charge in [-0.1, -0.05) is 12.1 Å². The largest absolute Gasteiger partial charge is 0.465 e. The average Bonchev–Trinajstić information content (AvgIpc) is 3.41. The van der Waals surface area contributed by atoms with Crippen LogP contribution in [-0.2, 0) is 4.74 Å². The molecule has 0 spiro atoms. The van der Waals surface area contributed by atoms with Gasteiger partial charge in [0.2, 0.25) is 0 Å². The van der Waals surface area contributed by atoms with Crippen molar-refractivity contribution in [3.63, 3.8) is 0 Å². The van der Waals surface area contributed by atoms with E-state index in [4.69, 9.17) is 4.74 Å². The van der Waals surface area contributed by atoms with Gasteiger partial charge in [0.1, 0.15) is 10.6 Å². The highest BCUT2D eigenvalue weighted by Crippen LogP contribution is 2.32. The van der Waals surface area contributed by atoms with Gasteiger partial charge in [0.05, 0.1) is 23.5 Å². The van der Waals surface area contributed by atoms with Crippen LogP contribution >= 0.6 is 22.7 Å². The molecule has 162 valence electrons. The number of nitrogens with zero attached hydrogens (tertiary/aromatic N) is 2. The number of amides is 1. The number of rotatable bonds is 6. The van der Waals surface area contributed by atoms with Crippen LogP contribution in [0.25, 0.3) is 0 Å². The molecule has 1 aliphatic rings. The minimum atomic E-state index is -0.372. The fourth-order valence-electron chi connectivity index (χ4n) is 3.29. The zero-order valence-electron chi connectivity index (χ0n) is 17.2. The third-order valence-corrected chi connectivity index (χ3v) is 6.76. The number of carbonyl (C=O) groups is 2. The lowest BCUT2D eigenvalue weighted by Gasteiger charge is -2.31. The molecule has 1 saturated heterocycles. The quantitative estimate of drug-likeness (QED) is 0.486. The number of methoxy groups -OCH3 is 1. The molecule has 0 aliphatic carbocycles. The maximum Gasteiger partial charge on any atom is 0.348 e. The van der Waals surface area contributed by atoms with Crippen molar-refractivity contribution >= 4 is 56.1 Å². The van der Waals surface area contributed by atoms with E-state index >= 15 is 0 Å². The molecule has 0 radical (unpaired) electrons. The van der Waals surface area contributed by atoms with Crippen LogP contribution in [0.1, 0.15) is 25.7 Å². The Hall–Kier alpha value is -2.95. The number of hydrogen-bond donors (Lipinski definition) is 3. The van der Waals surface area contributed by atoms with Crippen molar-refractivity contribution in [3.05, 3.63) is 51.8 Å². The van der Waals surface area contributed by atoms with Crippen LogP contribution in [0.3, 0.4) is 0 Å². The van der Waals surface area contributed by atoms with E-state index in [9.17, 15) is 9.59 Å². The Morgan fingerprint density at radius 3 is 2.77 bits per heavy atom. The predicted molar refractivity (Wildman–Crippen MR) is 125 cm³/mol. The van der Waals surface area contributed by atoms with Crippen LogP contribution in [0.4, 0.5) is 21.5 Å². The van der Waals surface area contributed by atoms with Crippen molar-refractivity contribution in [2.45, 2.75) is 6.92 Å². The maximum absolute atomic E-state index is 12.8. The fourth-order valence-corrected chi connectivity index (χ4v) is 5.04. The number of aryl methyl sites for hydroxylation is 1. The minimum absolute atomic E-state index is 0.259. The van der Waals surface area contributed by atoms with Gasteiger partial charge in [0.25, 0.3) is 5.91 Å². The highest BCUT2D eigenvalue weighted by Gasteiger charge is 2.18. The molecule has 3 heterocycles.